The van der Waals surface area contributed by atoms with Gasteiger partial charge in [0.15, 0.2) is 0 Å². The molecular weight excluding hydrogens is 1600 g/mol. The van der Waals surface area contributed by atoms with Crippen LogP contribution in [0.15, 0.2) is 243 Å². The van der Waals surface area contributed by atoms with Gasteiger partial charge < -0.3 is 45.7 Å². The monoisotopic (exact) mass is 1680 g/mol. The number of carbonyl (C=O) groups is 4. The molecule has 6 N–H and O–H groups in total. The first kappa shape index (κ1) is 89.0. The van der Waals surface area contributed by atoms with Crippen molar-refractivity contribution >= 4 is 78.9 Å². The van der Waals surface area contributed by atoms with E-state index in [1.54, 1.807) is 115 Å². The Morgan fingerprint density at radius 3 is 0.733 bits per heavy atom. The van der Waals surface area contributed by atoms with E-state index in [-0.39, 0.29) is 59.3 Å². The molecule has 0 bridgehead atoms. The molecule has 0 radical (unpaired) electrons. The number of alkyl halides is 12. The molecule has 0 saturated heterocycles. The Morgan fingerprint density at radius 1 is 0.342 bits per heavy atom. The molecule has 0 heterocycles. The maximum Gasteiger partial charge on any atom is 0.416 e. The molecule has 4 fully saturated rings. The van der Waals surface area contributed by atoms with Crippen LogP contribution in [0.2, 0.25) is 0 Å². The van der Waals surface area contributed by atoms with Gasteiger partial charge in [-0.25, -0.2) is 4.79 Å². The van der Waals surface area contributed by atoms with Crippen LogP contribution in [-0.4, -0.2) is 59.2 Å². The summed E-state index contributed by atoms with van der Waals surface area (Å²) in [4.78, 5) is 48.5. The molecule has 0 aromatic heterocycles. The van der Waals surface area contributed by atoms with Crippen LogP contribution in [0.4, 0.5) is 56.6 Å². The second-order valence-corrected chi connectivity index (χ2v) is 30.0. The largest absolute Gasteiger partial charge is 0.478 e. The third-order valence-electron chi connectivity index (χ3n) is 20.5. The number of nitrogens with two attached hydrogens (primary N) is 1. The van der Waals surface area contributed by atoms with Gasteiger partial charge in [0.1, 0.15) is 46.0 Å². The molecule has 4 saturated carbocycles. The number of rotatable bonds is 19. The Morgan fingerprint density at radius 2 is 0.550 bits per heavy atom. The van der Waals surface area contributed by atoms with Gasteiger partial charge in [-0.3, -0.25) is 14.4 Å². The molecule has 0 aliphatic heterocycles. The maximum absolute atomic E-state index is 12.7. The van der Waals surface area contributed by atoms with E-state index < -0.39 is 52.9 Å². The molecule has 2 unspecified atom stereocenters. The van der Waals surface area contributed by atoms with Crippen molar-refractivity contribution in [2.24, 2.45) is 29.4 Å². The first-order valence-electron chi connectivity index (χ1n) is 38.6. The molecule has 16 rings (SSSR count). The molecule has 12 aromatic rings. The summed E-state index contributed by atoms with van der Waals surface area (Å²) in [6, 6.07) is 60.9. The molecule has 3 amide bonds. The lowest BCUT2D eigenvalue weighted by molar-refractivity contribution is -0.138. The number of carboxylic acids is 1. The number of benzene rings is 12. The van der Waals surface area contributed by atoms with Crippen LogP contribution in [0.25, 0.3) is 43.1 Å². The van der Waals surface area contributed by atoms with E-state index in [0.29, 0.717) is 91.5 Å². The molecule has 4 aliphatic rings. The van der Waals surface area contributed by atoms with Crippen molar-refractivity contribution in [3.05, 3.63) is 287 Å². The number of ether oxygens (including phenoxy) is 4. The minimum absolute atomic E-state index is 0.111. The number of amides is 3. The van der Waals surface area contributed by atoms with Crippen molar-refractivity contribution in [2.45, 2.75) is 128 Å². The molecule has 0 spiro atoms. The highest BCUT2D eigenvalue weighted by atomic mass is 32.2. The summed E-state index contributed by atoms with van der Waals surface area (Å²) >= 11 is 0.250. The van der Waals surface area contributed by atoms with Gasteiger partial charge >= 0.3 is 30.7 Å². The maximum atomic E-state index is 12.7. The van der Waals surface area contributed by atoms with Gasteiger partial charge in [-0.2, -0.15) is 56.6 Å². The Balaban J connectivity index is 0.000000151. The van der Waals surface area contributed by atoms with Gasteiger partial charge in [-0.15, -0.1) is 0 Å². The Kier molecular flexibility index (Phi) is 28.9. The molecule has 120 heavy (non-hydrogen) atoms. The second-order valence-electron chi connectivity index (χ2n) is 29.7. The number of halogens is 13. The standard InChI is InChI=1S/3C23H20F3NO2.C18H11F3O3.C5H11N.CH3FS/c3*1-14(15-5-6-15)27-22(28)17-7-12-20-16(13-17)3-2-4-21(20)29-19-10-8-18(9-11-19)23(24,25)26;19-18(20,21)13-5-7-14(8-6-13)24-16-3-1-2-11-10-12(17(22)23)4-9-15(11)16;1-4(6)5-2-3-5;1-3-2/h3*2-4,7-15H,5-6H2,1H3,(H,27,28);1-10H,(H,22,23);4-5H,2-3,6H2,1H3;1H3/t2*14-;;;;/m10..../s1. The molecular formula is C93H85F13N4O9S. The zero-order chi connectivity index (χ0) is 86.4. The summed E-state index contributed by atoms with van der Waals surface area (Å²) in [5.74, 6) is 4.40. The zero-order valence-electron chi connectivity index (χ0n) is 65.5. The summed E-state index contributed by atoms with van der Waals surface area (Å²) in [5.41, 5.74) is 4.42. The molecule has 27 heteroatoms. The van der Waals surface area contributed by atoms with Crippen molar-refractivity contribution in [3.8, 4) is 46.0 Å². The van der Waals surface area contributed by atoms with Gasteiger partial charge in [-0.05, 0) is 318 Å². The third-order valence-corrected chi connectivity index (χ3v) is 20.5. The third kappa shape index (κ3) is 25.1. The van der Waals surface area contributed by atoms with Gasteiger partial charge in [0, 0.05) is 80.8 Å². The minimum Gasteiger partial charge on any atom is -0.478 e. The number of nitrogens with one attached hydrogen (secondary N) is 3. The number of aromatic carboxylic acids is 1. The first-order valence-corrected chi connectivity index (χ1v) is 39.7. The number of fused-ring (bicyclic) bond motifs is 4. The van der Waals surface area contributed by atoms with E-state index in [1.807, 2.05) is 39.0 Å². The topological polar surface area (TPSA) is 188 Å². The van der Waals surface area contributed by atoms with Crippen LogP contribution in [0, 0.1) is 23.7 Å². The van der Waals surface area contributed by atoms with Crippen LogP contribution in [0.1, 0.15) is 143 Å². The lowest BCUT2D eigenvalue weighted by Crippen LogP contribution is -2.33. The van der Waals surface area contributed by atoms with Crippen molar-refractivity contribution in [3.63, 3.8) is 0 Å². The highest BCUT2D eigenvalue weighted by Crippen LogP contribution is 2.42. The van der Waals surface area contributed by atoms with Crippen molar-refractivity contribution in [2.75, 3.05) is 6.26 Å². The number of hydrogen-bond donors (Lipinski definition) is 5. The molecule has 4 atom stereocenters. The predicted octanol–water partition coefficient (Wildman–Crippen LogP) is 25.9. The predicted molar refractivity (Wildman–Crippen MR) is 439 cm³/mol. The smallest absolute Gasteiger partial charge is 0.416 e. The molecule has 4 aliphatic carbocycles. The number of hydrogen-bond acceptors (Lipinski definition) is 10. The zero-order valence-corrected chi connectivity index (χ0v) is 66.3. The lowest BCUT2D eigenvalue weighted by Gasteiger charge is -2.14. The van der Waals surface area contributed by atoms with Crippen LogP contribution in [-0.2, 0) is 24.7 Å². The molecule has 628 valence electrons. The van der Waals surface area contributed by atoms with E-state index in [2.05, 4.69) is 22.9 Å². The summed E-state index contributed by atoms with van der Waals surface area (Å²) in [6.07, 6.45) is -6.49. The van der Waals surface area contributed by atoms with E-state index in [0.717, 1.165) is 125 Å². The highest BCUT2D eigenvalue weighted by molar-refractivity contribution is 7.93. The van der Waals surface area contributed by atoms with E-state index >= 15 is 0 Å². The minimum atomic E-state index is -4.40. The van der Waals surface area contributed by atoms with Crippen molar-refractivity contribution < 1.29 is 99.8 Å². The van der Waals surface area contributed by atoms with Crippen LogP contribution in [0.5, 0.6) is 46.0 Å². The van der Waals surface area contributed by atoms with Gasteiger partial charge in [0.05, 0.1) is 27.8 Å². The van der Waals surface area contributed by atoms with E-state index in [4.69, 9.17) is 29.8 Å². The van der Waals surface area contributed by atoms with Crippen LogP contribution < -0.4 is 40.6 Å². The fourth-order valence-electron chi connectivity index (χ4n) is 12.9. The van der Waals surface area contributed by atoms with E-state index in [1.165, 1.54) is 79.8 Å². The van der Waals surface area contributed by atoms with Gasteiger partial charge in [0.2, 0.25) is 0 Å². The van der Waals surface area contributed by atoms with Crippen LogP contribution >= 0.6 is 12.1 Å². The average molecular weight is 1680 g/mol. The summed E-state index contributed by atoms with van der Waals surface area (Å²) in [5, 5.41) is 24.2. The number of carbonyl (C=O) groups excluding carboxylic acids is 3. The summed E-state index contributed by atoms with van der Waals surface area (Å²) in [6.45, 7) is 8.14. The fraction of sp³-hybridized carbons (Fsp3) is 0.269. The highest BCUT2D eigenvalue weighted by Gasteiger charge is 2.35. The lowest BCUT2D eigenvalue weighted by atomic mass is 10.1. The van der Waals surface area contributed by atoms with Gasteiger partial charge in [0.25, 0.3) is 17.7 Å². The Bertz CT molecular complexity index is 5130. The SMILES string of the molecule is CC(N)C1CC1.CC(NC(=O)c1ccc2c(Oc3ccc(C(F)(F)F)cc3)cccc2c1)C1CC1.CSF.C[C@@H](NC(=O)c1ccc2c(Oc3ccc(C(F)(F)F)cc3)cccc2c1)C1CC1.C[C@H](NC(=O)c1ccc2c(Oc3ccc(C(F)(F)F)cc3)cccc2c1)C1CC1.O=C(O)c1ccc2c(Oc3ccc(C(F)(F)F)cc3)cccc2c1. The Hall–Kier alpha value is -11.8. The van der Waals surface area contributed by atoms with Crippen molar-refractivity contribution in [1.82, 2.24) is 16.0 Å². The van der Waals surface area contributed by atoms with Crippen molar-refractivity contribution in [1.29, 1.82) is 0 Å². The average Bonchev–Trinajstić information content (AvgIpc) is 1.03. The first-order chi connectivity index (χ1) is 57.0. The Labute approximate surface area is 688 Å². The number of carboxylic acid groups (broad SMARTS) is 1. The summed E-state index contributed by atoms with van der Waals surface area (Å²) < 4.78 is 185. The van der Waals surface area contributed by atoms with Crippen LogP contribution in [0.3, 0.4) is 0 Å². The fourth-order valence-corrected chi connectivity index (χ4v) is 12.9. The van der Waals surface area contributed by atoms with E-state index in [9.17, 15) is 75.7 Å². The summed E-state index contributed by atoms with van der Waals surface area (Å²) in [7, 11) is 0. The second kappa shape index (κ2) is 38.9. The molecule has 13 nitrogen and oxygen atoms in total. The quantitative estimate of drug-likeness (QED) is 0.0485. The van der Waals surface area contributed by atoms with Gasteiger partial charge in [-0.1, -0.05) is 48.5 Å². The molecule has 12 aromatic carbocycles. The normalized spacial score (nSPS) is 14.8.